The van der Waals surface area contributed by atoms with Gasteiger partial charge in [-0.25, -0.2) is 9.78 Å². The van der Waals surface area contributed by atoms with Gasteiger partial charge < -0.3 is 15.1 Å². The second-order valence-electron chi connectivity index (χ2n) is 10.4. The number of nitrogens with zero attached hydrogens (tertiary/aromatic N) is 5. The van der Waals surface area contributed by atoms with Crippen LogP contribution in [0.25, 0.3) is 11.0 Å². The molecule has 2 atom stereocenters. The second kappa shape index (κ2) is 10.8. The molecule has 0 radical (unpaired) electrons. The Morgan fingerprint density at radius 3 is 2.45 bits per heavy atom. The van der Waals surface area contributed by atoms with E-state index in [1.54, 1.807) is 0 Å². The molecular weight excluding hydrogens is 493 g/mol. The van der Waals surface area contributed by atoms with Gasteiger partial charge in [-0.2, -0.15) is 13.2 Å². The monoisotopic (exact) mass is 526 g/mol. The molecule has 5 rings (SSSR count). The summed E-state index contributed by atoms with van der Waals surface area (Å²) >= 11 is 0. The SMILES string of the molecule is C[C@@H]1CN(c2cnc3cc(C(F)(F)F)ccc3n2)[C@@H](C)CN1C(=O)NC1CCN(Cc2ccccc2)CC1. The van der Waals surface area contributed by atoms with Crippen LogP contribution in [-0.4, -0.2) is 70.1 Å². The highest BCUT2D eigenvalue weighted by Crippen LogP contribution is 2.31. The minimum absolute atomic E-state index is 0.0223. The Morgan fingerprint density at radius 2 is 1.74 bits per heavy atom. The number of rotatable bonds is 4. The Kier molecular flexibility index (Phi) is 7.43. The summed E-state index contributed by atoms with van der Waals surface area (Å²) in [6.45, 7) is 7.93. The molecule has 0 bridgehead atoms. The number of amides is 2. The summed E-state index contributed by atoms with van der Waals surface area (Å²) in [5.74, 6) is 0.599. The van der Waals surface area contributed by atoms with E-state index in [2.05, 4.69) is 49.4 Å². The molecule has 2 aliphatic heterocycles. The molecule has 2 aliphatic rings. The molecule has 10 heteroatoms. The van der Waals surface area contributed by atoms with Crippen molar-refractivity contribution in [1.82, 2.24) is 25.1 Å². The fourth-order valence-electron chi connectivity index (χ4n) is 5.38. The number of carbonyl (C=O) groups is 1. The Labute approximate surface area is 220 Å². The summed E-state index contributed by atoms with van der Waals surface area (Å²) < 4.78 is 39.1. The van der Waals surface area contributed by atoms with Crippen molar-refractivity contribution < 1.29 is 18.0 Å². The van der Waals surface area contributed by atoms with Crippen LogP contribution < -0.4 is 10.2 Å². The molecule has 7 nitrogen and oxygen atoms in total. The summed E-state index contributed by atoms with van der Waals surface area (Å²) in [7, 11) is 0. The molecule has 0 unspecified atom stereocenters. The number of hydrogen-bond acceptors (Lipinski definition) is 5. The zero-order valence-electron chi connectivity index (χ0n) is 21.7. The summed E-state index contributed by atoms with van der Waals surface area (Å²) in [5.41, 5.74) is 1.18. The normalized spacial score (nSPS) is 21.6. The minimum Gasteiger partial charge on any atom is -0.349 e. The largest absolute Gasteiger partial charge is 0.416 e. The number of benzene rings is 2. The predicted molar refractivity (Wildman–Crippen MR) is 141 cm³/mol. The van der Waals surface area contributed by atoms with Crippen LogP contribution in [0, 0.1) is 0 Å². The highest BCUT2D eigenvalue weighted by atomic mass is 19.4. The molecule has 0 aliphatic carbocycles. The lowest BCUT2D eigenvalue weighted by molar-refractivity contribution is -0.137. The van der Waals surface area contributed by atoms with Crippen LogP contribution in [0.5, 0.6) is 0 Å². The van der Waals surface area contributed by atoms with Crippen LogP contribution in [0.15, 0.2) is 54.7 Å². The van der Waals surface area contributed by atoms with Crippen molar-refractivity contribution in [2.45, 2.75) is 57.5 Å². The standard InChI is InChI=1S/C28H33F3N6O/c1-19-17-37(27(38)33-23-10-12-35(13-11-23)18-21-6-4-3-5-7-21)20(2)16-36(19)26-15-32-25-14-22(28(29,30)31)8-9-24(25)34-26/h3-9,14-15,19-20,23H,10-13,16-18H2,1-2H3,(H,33,38)/t19-,20+/m0/s1. The molecule has 3 aromatic rings. The molecule has 1 aromatic heterocycles. The van der Waals surface area contributed by atoms with E-state index in [9.17, 15) is 18.0 Å². The van der Waals surface area contributed by atoms with Crippen LogP contribution in [-0.2, 0) is 12.7 Å². The van der Waals surface area contributed by atoms with E-state index in [1.807, 2.05) is 24.8 Å². The van der Waals surface area contributed by atoms with Crippen molar-refractivity contribution in [3.63, 3.8) is 0 Å². The zero-order chi connectivity index (χ0) is 26.9. The third kappa shape index (κ3) is 5.85. The number of urea groups is 1. The van der Waals surface area contributed by atoms with Crippen molar-refractivity contribution >= 4 is 22.9 Å². The molecule has 2 aromatic carbocycles. The number of hydrogen-bond donors (Lipinski definition) is 1. The molecular formula is C28H33F3N6O. The molecule has 38 heavy (non-hydrogen) atoms. The summed E-state index contributed by atoms with van der Waals surface area (Å²) in [5, 5.41) is 3.24. The van der Waals surface area contributed by atoms with Gasteiger partial charge in [0.2, 0.25) is 0 Å². The number of alkyl halides is 3. The Morgan fingerprint density at radius 1 is 1.00 bits per heavy atom. The summed E-state index contributed by atoms with van der Waals surface area (Å²) in [6.07, 6.45) is -1.06. The van der Waals surface area contributed by atoms with Gasteiger partial charge in [0, 0.05) is 50.8 Å². The summed E-state index contributed by atoms with van der Waals surface area (Å²) in [6, 6.07) is 13.9. The highest BCUT2D eigenvalue weighted by Gasteiger charge is 2.34. The Balaban J connectivity index is 1.17. The topological polar surface area (TPSA) is 64.6 Å². The lowest BCUT2D eigenvalue weighted by atomic mass is 10.0. The maximum Gasteiger partial charge on any atom is 0.416 e. The fraction of sp³-hybridized carbons (Fsp3) is 0.464. The van der Waals surface area contributed by atoms with E-state index < -0.39 is 11.7 Å². The van der Waals surface area contributed by atoms with Gasteiger partial charge in [0.25, 0.3) is 0 Å². The highest BCUT2D eigenvalue weighted by molar-refractivity contribution is 5.77. The van der Waals surface area contributed by atoms with Gasteiger partial charge in [-0.15, -0.1) is 0 Å². The van der Waals surface area contributed by atoms with E-state index >= 15 is 0 Å². The Hall–Kier alpha value is -3.40. The maximum atomic E-state index is 13.2. The average molecular weight is 527 g/mol. The van der Waals surface area contributed by atoms with E-state index in [-0.39, 0.29) is 29.7 Å². The van der Waals surface area contributed by atoms with Crippen molar-refractivity contribution in [1.29, 1.82) is 0 Å². The molecule has 1 N–H and O–H groups in total. The minimum atomic E-state index is -4.42. The van der Waals surface area contributed by atoms with Crippen LogP contribution in [0.2, 0.25) is 0 Å². The molecule has 0 spiro atoms. The van der Waals surface area contributed by atoms with Crippen molar-refractivity contribution in [2.24, 2.45) is 0 Å². The van der Waals surface area contributed by atoms with Crippen LogP contribution >= 0.6 is 0 Å². The van der Waals surface area contributed by atoms with E-state index in [0.29, 0.717) is 24.4 Å². The number of anilines is 1. The smallest absolute Gasteiger partial charge is 0.349 e. The van der Waals surface area contributed by atoms with Crippen LogP contribution in [0.1, 0.15) is 37.8 Å². The number of nitrogens with one attached hydrogen (secondary N) is 1. The van der Waals surface area contributed by atoms with Crippen molar-refractivity contribution in [3.05, 3.63) is 65.9 Å². The number of fused-ring (bicyclic) bond motifs is 1. The van der Waals surface area contributed by atoms with Crippen LogP contribution in [0.4, 0.5) is 23.8 Å². The van der Waals surface area contributed by atoms with Crippen molar-refractivity contribution in [3.8, 4) is 0 Å². The molecule has 2 amide bonds. The van der Waals surface area contributed by atoms with E-state index in [0.717, 1.165) is 44.6 Å². The first kappa shape index (κ1) is 26.2. The van der Waals surface area contributed by atoms with Crippen LogP contribution in [0.3, 0.4) is 0 Å². The molecule has 202 valence electrons. The molecule has 0 saturated carbocycles. The lowest BCUT2D eigenvalue weighted by Gasteiger charge is -2.45. The number of likely N-dealkylation sites (tertiary alicyclic amines) is 1. The van der Waals surface area contributed by atoms with Gasteiger partial charge in [-0.05, 0) is 50.5 Å². The zero-order valence-corrected chi connectivity index (χ0v) is 21.7. The molecule has 2 saturated heterocycles. The molecule has 2 fully saturated rings. The number of aromatic nitrogens is 2. The average Bonchev–Trinajstić information content (AvgIpc) is 2.90. The maximum absolute atomic E-state index is 13.2. The summed E-state index contributed by atoms with van der Waals surface area (Å²) in [4.78, 5) is 28.4. The second-order valence-corrected chi connectivity index (χ2v) is 10.4. The van der Waals surface area contributed by atoms with Crippen molar-refractivity contribution in [2.75, 3.05) is 31.1 Å². The van der Waals surface area contributed by atoms with Gasteiger partial charge in [0.05, 0.1) is 22.8 Å². The first-order valence-electron chi connectivity index (χ1n) is 13.1. The fourth-order valence-corrected chi connectivity index (χ4v) is 5.38. The quantitative estimate of drug-likeness (QED) is 0.523. The number of piperazine rings is 1. The number of carbonyl (C=O) groups excluding carboxylic acids is 1. The van der Waals surface area contributed by atoms with E-state index in [1.165, 1.54) is 17.8 Å². The number of piperidine rings is 1. The molecule has 3 heterocycles. The van der Waals surface area contributed by atoms with Gasteiger partial charge in [0.1, 0.15) is 5.82 Å². The van der Waals surface area contributed by atoms with Gasteiger partial charge in [-0.1, -0.05) is 30.3 Å². The van der Waals surface area contributed by atoms with Gasteiger partial charge >= 0.3 is 12.2 Å². The lowest BCUT2D eigenvalue weighted by Crippen LogP contribution is -2.61. The Bertz CT molecular complexity index is 1260. The van der Waals surface area contributed by atoms with E-state index in [4.69, 9.17) is 0 Å². The predicted octanol–water partition coefficient (Wildman–Crippen LogP) is 4.92. The third-order valence-corrected chi connectivity index (χ3v) is 7.56. The van der Waals surface area contributed by atoms with Gasteiger partial charge in [-0.3, -0.25) is 9.88 Å². The third-order valence-electron chi connectivity index (χ3n) is 7.56. The number of halogens is 3. The van der Waals surface area contributed by atoms with Gasteiger partial charge in [0.15, 0.2) is 0 Å². The first-order chi connectivity index (χ1) is 18.2. The first-order valence-corrected chi connectivity index (χ1v) is 13.1.